The van der Waals surface area contributed by atoms with Gasteiger partial charge in [-0.1, -0.05) is 55.4 Å². The smallest absolute Gasteiger partial charge is 0.243 e. The normalized spacial score (nSPS) is 13.5. The Hall–Kier alpha value is -1.39. The van der Waals surface area contributed by atoms with Crippen LogP contribution in [-0.2, 0) is 14.4 Å². The molecule has 140 valence electrons. The van der Waals surface area contributed by atoms with E-state index in [0.29, 0.717) is 6.42 Å². The first-order valence-electron chi connectivity index (χ1n) is 8.84. The second kappa shape index (κ2) is 9.19. The number of amides is 2. The largest absolute Gasteiger partial charge is 0.347 e. The number of carbonyl (C=O) groups is 3. The van der Waals surface area contributed by atoms with Crippen molar-refractivity contribution in [2.24, 2.45) is 16.7 Å². The van der Waals surface area contributed by atoms with Crippen molar-refractivity contribution < 1.29 is 14.4 Å². The predicted octanol–water partition coefficient (Wildman–Crippen LogP) is 3.08. The molecule has 2 amide bonds. The van der Waals surface area contributed by atoms with Gasteiger partial charge in [-0.05, 0) is 24.2 Å². The van der Waals surface area contributed by atoms with Crippen LogP contribution in [0.2, 0.25) is 0 Å². The summed E-state index contributed by atoms with van der Waals surface area (Å²) in [7, 11) is 0. The first-order valence-corrected chi connectivity index (χ1v) is 8.84. The van der Waals surface area contributed by atoms with Crippen LogP contribution in [0.1, 0.15) is 74.7 Å². The standard InChI is InChI=1S/C19H36N2O3/c1-13(2)16(17(24)20-12-14(22)19(6,7)8)21-15(23)10-9-11-18(3,4)5/h13,16H,9-12H2,1-8H3,(H,20,24)(H,21,23). The van der Waals surface area contributed by atoms with Crippen molar-refractivity contribution in [1.29, 1.82) is 0 Å². The molecule has 0 aromatic heterocycles. The van der Waals surface area contributed by atoms with Gasteiger partial charge in [-0.25, -0.2) is 0 Å². The highest BCUT2D eigenvalue weighted by Gasteiger charge is 2.26. The highest BCUT2D eigenvalue weighted by molar-refractivity contribution is 5.92. The van der Waals surface area contributed by atoms with E-state index >= 15 is 0 Å². The highest BCUT2D eigenvalue weighted by Crippen LogP contribution is 2.21. The maximum absolute atomic E-state index is 12.3. The van der Waals surface area contributed by atoms with E-state index in [9.17, 15) is 14.4 Å². The molecule has 0 spiro atoms. The van der Waals surface area contributed by atoms with E-state index in [4.69, 9.17) is 0 Å². The van der Waals surface area contributed by atoms with Gasteiger partial charge in [-0.2, -0.15) is 0 Å². The van der Waals surface area contributed by atoms with Crippen LogP contribution < -0.4 is 10.6 Å². The summed E-state index contributed by atoms with van der Waals surface area (Å²) in [6.45, 7) is 15.6. The maximum Gasteiger partial charge on any atom is 0.243 e. The monoisotopic (exact) mass is 340 g/mol. The number of hydrogen-bond donors (Lipinski definition) is 2. The summed E-state index contributed by atoms with van der Waals surface area (Å²) >= 11 is 0. The lowest BCUT2D eigenvalue weighted by Gasteiger charge is -2.23. The van der Waals surface area contributed by atoms with Gasteiger partial charge in [0.25, 0.3) is 0 Å². The number of carbonyl (C=O) groups excluding carboxylic acids is 3. The molecule has 0 saturated carbocycles. The number of rotatable bonds is 8. The molecular formula is C19H36N2O3. The summed E-state index contributed by atoms with van der Waals surface area (Å²) in [4.78, 5) is 36.3. The van der Waals surface area contributed by atoms with Crippen LogP contribution in [0.15, 0.2) is 0 Å². The van der Waals surface area contributed by atoms with Crippen LogP contribution in [0.4, 0.5) is 0 Å². The summed E-state index contributed by atoms with van der Waals surface area (Å²) in [5, 5.41) is 5.46. The summed E-state index contributed by atoms with van der Waals surface area (Å²) in [6.07, 6.45) is 2.16. The van der Waals surface area contributed by atoms with Crippen LogP contribution in [0.3, 0.4) is 0 Å². The lowest BCUT2D eigenvalue weighted by Crippen LogP contribution is -2.51. The van der Waals surface area contributed by atoms with E-state index in [-0.39, 0.29) is 35.5 Å². The number of Topliss-reactive ketones (excluding diaryl/α,β-unsaturated/α-hetero) is 1. The molecule has 0 aliphatic rings. The second-order valence-electron chi connectivity index (χ2n) is 9.09. The lowest BCUT2D eigenvalue weighted by molar-refractivity contribution is -0.132. The Morgan fingerprint density at radius 2 is 1.50 bits per heavy atom. The summed E-state index contributed by atoms with van der Waals surface area (Å²) in [5.41, 5.74) is -0.292. The van der Waals surface area contributed by atoms with Crippen LogP contribution in [-0.4, -0.2) is 30.2 Å². The summed E-state index contributed by atoms with van der Waals surface area (Å²) < 4.78 is 0. The first kappa shape index (κ1) is 22.6. The van der Waals surface area contributed by atoms with Gasteiger partial charge in [0.15, 0.2) is 5.78 Å². The average Bonchev–Trinajstić information content (AvgIpc) is 2.38. The van der Waals surface area contributed by atoms with Crippen molar-refractivity contribution in [3.05, 3.63) is 0 Å². The molecule has 0 bridgehead atoms. The van der Waals surface area contributed by atoms with Gasteiger partial charge < -0.3 is 10.6 Å². The number of ketones is 1. The van der Waals surface area contributed by atoms with Crippen LogP contribution >= 0.6 is 0 Å². The fourth-order valence-corrected chi connectivity index (χ4v) is 2.10. The van der Waals surface area contributed by atoms with Gasteiger partial charge in [0.2, 0.25) is 11.8 Å². The Balaban J connectivity index is 4.50. The Bertz CT molecular complexity index is 443. The Morgan fingerprint density at radius 1 is 0.958 bits per heavy atom. The van der Waals surface area contributed by atoms with E-state index < -0.39 is 11.5 Å². The Kier molecular flexibility index (Phi) is 8.65. The summed E-state index contributed by atoms with van der Waals surface area (Å²) in [6, 6.07) is -0.611. The zero-order valence-corrected chi connectivity index (χ0v) is 16.7. The van der Waals surface area contributed by atoms with Gasteiger partial charge in [-0.15, -0.1) is 0 Å². The number of hydrogen-bond acceptors (Lipinski definition) is 3. The first-order chi connectivity index (χ1) is 10.7. The topological polar surface area (TPSA) is 75.3 Å². The fourth-order valence-electron chi connectivity index (χ4n) is 2.10. The molecular weight excluding hydrogens is 304 g/mol. The quantitative estimate of drug-likeness (QED) is 0.713. The minimum absolute atomic E-state index is 0.00848. The molecule has 0 aromatic carbocycles. The van der Waals surface area contributed by atoms with Crippen molar-refractivity contribution in [1.82, 2.24) is 10.6 Å². The molecule has 0 heterocycles. The minimum atomic E-state index is -0.611. The molecule has 0 rings (SSSR count). The molecule has 0 aliphatic heterocycles. The molecule has 0 fully saturated rings. The highest BCUT2D eigenvalue weighted by atomic mass is 16.2. The second-order valence-corrected chi connectivity index (χ2v) is 9.09. The van der Waals surface area contributed by atoms with Crippen molar-refractivity contribution >= 4 is 17.6 Å². The maximum atomic E-state index is 12.3. The molecule has 5 heteroatoms. The zero-order valence-electron chi connectivity index (χ0n) is 16.7. The number of nitrogens with one attached hydrogen (secondary N) is 2. The molecule has 0 saturated heterocycles. The van der Waals surface area contributed by atoms with Crippen molar-refractivity contribution in [3.8, 4) is 0 Å². The molecule has 0 aromatic rings. The Morgan fingerprint density at radius 3 is 1.92 bits per heavy atom. The molecule has 24 heavy (non-hydrogen) atoms. The fraction of sp³-hybridized carbons (Fsp3) is 0.842. The van der Waals surface area contributed by atoms with Gasteiger partial charge in [0.1, 0.15) is 6.04 Å². The van der Waals surface area contributed by atoms with E-state index in [1.54, 1.807) is 0 Å². The van der Waals surface area contributed by atoms with Crippen LogP contribution in [0.25, 0.3) is 0 Å². The van der Waals surface area contributed by atoms with Crippen molar-refractivity contribution in [2.45, 2.75) is 80.7 Å². The Labute approximate surface area is 147 Å². The van der Waals surface area contributed by atoms with E-state index in [0.717, 1.165) is 12.8 Å². The van der Waals surface area contributed by atoms with Crippen LogP contribution in [0, 0.1) is 16.7 Å². The predicted molar refractivity (Wildman–Crippen MR) is 97.5 cm³/mol. The summed E-state index contributed by atoms with van der Waals surface area (Å²) in [5.74, 6) is -0.488. The molecule has 1 atom stereocenters. The molecule has 0 aliphatic carbocycles. The third-order valence-corrected chi connectivity index (χ3v) is 3.86. The molecule has 2 N–H and O–H groups in total. The van der Waals surface area contributed by atoms with Crippen molar-refractivity contribution in [3.63, 3.8) is 0 Å². The van der Waals surface area contributed by atoms with Gasteiger partial charge >= 0.3 is 0 Å². The third kappa shape index (κ3) is 9.68. The lowest BCUT2D eigenvalue weighted by atomic mass is 9.90. The molecule has 1 unspecified atom stereocenters. The van der Waals surface area contributed by atoms with Gasteiger partial charge in [0, 0.05) is 11.8 Å². The van der Waals surface area contributed by atoms with E-state index in [2.05, 4.69) is 31.4 Å². The van der Waals surface area contributed by atoms with Crippen LogP contribution in [0.5, 0.6) is 0 Å². The molecule has 0 radical (unpaired) electrons. The van der Waals surface area contributed by atoms with E-state index in [1.807, 2.05) is 34.6 Å². The van der Waals surface area contributed by atoms with Crippen molar-refractivity contribution in [2.75, 3.05) is 6.54 Å². The zero-order chi connectivity index (χ0) is 19.1. The average molecular weight is 341 g/mol. The van der Waals surface area contributed by atoms with Gasteiger partial charge in [0.05, 0.1) is 6.54 Å². The minimum Gasteiger partial charge on any atom is -0.347 e. The molecule has 5 nitrogen and oxygen atoms in total. The SMILES string of the molecule is CC(C)C(NC(=O)CCCC(C)(C)C)C(=O)NCC(=O)C(C)(C)C. The van der Waals surface area contributed by atoms with E-state index in [1.165, 1.54) is 0 Å². The third-order valence-electron chi connectivity index (χ3n) is 3.86. The van der Waals surface area contributed by atoms with Gasteiger partial charge in [-0.3, -0.25) is 14.4 Å².